The Morgan fingerprint density at radius 2 is 2.00 bits per heavy atom. The van der Waals surface area contributed by atoms with Gasteiger partial charge < -0.3 is 10.4 Å². The normalized spacial score (nSPS) is 19.1. The highest BCUT2D eigenvalue weighted by atomic mass is 35.5. The van der Waals surface area contributed by atoms with Gasteiger partial charge in [0.05, 0.1) is 0 Å². The van der Waals surface area contributed by atoms with Crippen LogP contribution in [0.25, 0.3) is 0 Å². The minimum atomic E-state index is -1.10. The molecule has 0 saturated heterocycles. The molecule has 0 atom stereocenters. The van der Waals surface area contributed by atoms with Gasteiger partial charge in [-0.25, -0.2) is 14.8 Å². The van der Waals surface area contributed by atoms with E-state index in [-0.39, 0.29) is 10.7 Å². The van der Waals surface area contributed by atoms with Crippen LogP contribution < -0.4 is 5.32 Å². The summed E-state index contributed by atoms with van der Waals surface area (Å²) in [6.45, 7) is 0. The Morgan fingerprint density at radius 1 is 1.29 bits per heavy atom. The number of aromatic nitrogens is 2. The van der Waals surface area contributed by atoms with Crippen LogP contribution in [0.3, 0.4) is 0 Å². The molecule has 2 aliphatic rings. The van der Waals surface area contributed by atoms with E-state index in [4.69, 9.17) is 16.7 Å². The standard InChI is InChI=1S/C11H12ClN3O2/c12-7-8(11(16)17)14-9(5-1-2-5)15-10(7)13-6-3-4-6/h5-6H,1-4H2,(H,16,17)(H,13,14,15). The topological polar surface area (TPSA) is 75.1 Å². The molecule has 17 heavy (non-hydrogen) atoms. The zero-order valence-electron chi connectivity index (χ0n) is 9.11. The van der Waals surface area contributed by atoms with Crippen LogP contribution in [-0.2, 0) is 0 Å². The largest absolute Gasteiger partial charge is 0.476 e. The molecule has 2 fully saturated rings. The van der Waals surface area contributed by atoms with Gasteiger partial charge in [-0.2, -0.15) is 0 Å². The lowest BCUT2D eigenvalue weighted by atomic mass is 10.3. The van der Waals surface area contributed by atoms with E-state index in [9.17, 15) is 4.79 Å². The fourth-order valence-corrected chi connectivity index (χ4v) is 1.87. The first kappa shape index (κ1) is 10.8. The summed E-state index contributed by atoms with van der Waals surface area (Å²) in [7, 11) is 0. The van der Waals surface area contributed by atoms with Crippen molar-refractivity contribution in [3.63, 3.8) is 0 Å². The zero-order valence-corrected chi connectivity index (χ0v) is 9.87. The van der Waals surface area contributed by atoms with Gasteiger partial charge in [0.1, 0.15) is 16.7 Å². The molecule has 0 amide bonds. The van der Waals surface area contributed by atoms with Gasteiger partial charge in [-0.05, 0) is 25.7 Å². The van der Waals surface area contributed by atoms with E-state index in [0.717, 1.165) is 25.7 Å². The fraction of sp³-hybridized carbons (Fsp3) is 0.545. The van der Waals surface area contributed by atoms with E-state index in [1.54, 1.807) is 0 Å². The Kier molecular flexibility index (Phi) is 2.43. The molecule has 1 heterocycles. The molecule has 6 heteroatoms. The minimum Gasteiger partial charge on any atom is -0.476 e. The number of rotatable bonds is 4. The lowest BCUT2D eigenvalue weighted by Crippen LogP contribution is -2.12. The van der Waals surface area contributed by atoms with Crippen LogP contribution in [0.5, 0.6) is 0 Å². The second-order valence-corrected chi connectivity index (χ2v) is 4.97. The number of hydrogen-bond donors (Lipinski definition) is 2. The smallest absolute Gasteiger partial charge is 0.356 e. The third-order valence-electron chi connectivity index (χ3n) is 2.93. The van der Waals surface area contributed by atoms with Crippen LogP contribution in [0.4, 0.5) is 5.82 Å². The Balaban J connectivity index is 2.01. The maximum Gasteiger partial charge on any atom is 0.356 e. The van der Waals surface area contributed by atoms with Crippen LogP contribution in [-0.4, -0.2) is 27.1 Å². The summed E-state index contributed by atoms with van der Waals surface area (Å²) < 4.78 is 0. The predicted molar refractivity (Wildman–Crippen MR) is 62.6 cm³/mol. The lowest BCUT2D eigenvalue weighted by Gasteiger charge is -2.09. The van der Waals surface area contributed by atoms with Gasteiger partial charge in [0, 0.05) is 12.0 Å². The molecule has 0 aliphatic heterocycles. The van der Waals surface area contributed by atoms with Crippen LogP contribution in [0.15, 0.2) is 0 Å². The van der Waals surface area contributed by atoms with Gasteiger partial charge in [0.25, 0.3) is 0 Å². The minimum absolute atomic E-state index is 0.0910. The highest BCUT2D eigenvalue weighted by Gasteiger charge is 2.31. The first-order valence-corrected chi connectivity index (χ1v) is 6.10. The lowest BCUT2D eigenvalue weighted by molar-refractivity contribution is 0.0690. The summed E-state index contributed by atoms with van der Waals surface area (Å²) in [4.78, 5) is 19.4. The Labute approximate surface area is 103 Å². The number of carboxylic acids is 1. The van der Waals surface area contributed by atoms with E-state index >= 15 is 0 Å². The molecule has 0 bridgehead atoms. The van der Waals surface area contributed by atoms with Crippen molar-refractivity contribution in [1.82, 2.24) is 9.97 Å². The third-order valence-corrected chi connectivity index (χ3v) is 3.29. The van der Waals surface area contributed by atoms with Gasteiger partial charge in [-0.1, -0.05) is 11.6 Å². The van der Waals surface area contributed by atoms with E-state index in [0.29, 0.717) is 23.6 Å². The molecule has 3 rings (SSSR count). The summed E-state index contributed by atoms with van der Waals surface area (Å²) in [5.41, 5.74) is -0.0910. The predicted octanol–water partition coefficient (Wildman–Crippen LogP) is 2.28. The van der Waals surface area contributed by atoms with Crippen LogP contribution in [0.2, 0.25) is 5.02 Å². The molecular weight excluding hydrogens is 242 g/mol. The molecule has 0 spiro atoms. The molecule has 2 saturated carbocycles. The second-order valence-electron chi connectivity index (χ2n) is 4.59. The first-order chi connectivity index (χ1) is 8.15. The molecular formula is C11H12ClN3O2. The highest BCUT2D eigenvalue weighted by Crippen LogP contribution is 2.40. The van der Waals surface area contributed by atoms with Gasteiger partial charge in [0.2, 0.25) is 0 Å². The Hall–Kier alpha value is -1.36. The number of carbonyl (C=O) groups is 1. The number of anilines is 1. The van der Waals surface area contributed by atoms with Crippen molar-refractivity contribution in [2.75, 3.05) is 5.32 Å². The van der Waals surface area contributed by atoms with Crippen LogP contribution in [0.1, 0.15) is 47.9 Å². The Morgan fingerprint density at radius 3 is 2.53 bits per heavy atom. The molecule has 90 valence electrons. The SMILES string of the molecule is O=C(O)c1nc(C2CC2)nc(NC2CC2)c1Cl. The summed E-state index contributed by atoms with van der Waals surface area (Å²) in [5, 5.41) is 12.3. The van der Waals surface area contributed by atoms with Crippen molar-refractivity contribution in [3.8, 4) is 0 Å². The van der Waals surface area contributed by atoms with Crippen molar-refractivity contribution < 1.29 is 9.90 Å². The molecule has 2 N–H and O–H groups in total. The molecule has 5 nitrogen and oxygen atoms in total. The maximum absolute atomic E-state index is 11.1. The average Bonchev–Trinajstić information content (AvgIpc) is 3.14. The van der Waals surface area contributed by atoms with Crippen molar-refractivity contribution in [1.29, 1.82) is 0 Å². The quantitative estimate of drug-likeness (QED) is 0.861. The third kappa shape index (κ3) is 2.20. The van der Waals surface area contributed by atoms with Crippen molar-refractivity contribution in [3.05, 3.63) is 16.5 Å². The van der Waals surface area contributed by atoms with E-state index in [1.807, 2.05) is 0 Å². The number of nitrogens with zero attached hydrogens (tertiary/aromatic N) is 2. The molecule has 1 aromatic heterocycles. The molecule has 2 aliphatic carbocycles. The number of aromatic carboxylic acids is 1. The zero-order chi connectivity index (χ0) is 12.0. The summed E-state index contributed by atoms with van der Waals surface area (Å²) >= 11 is 6.00. The van der Waals surface area contributed by atoms with E-state index < -0.39 is 5.97 Å². The van der Waals surface area contributed by atoms with Crippen LogP contribution >= 0.6 is 11.6 Å². The van der Waals surface area contributed by atoms with Crippen molar-refractivity contribution >= 4 is 23.4 Å². The molecule has 0 unspecified atom stereocenters. The van der Waals surface area contributed by atoms with Crippen molar-refractivity contribution in [2.24, 2.45) is 0 Å². The van der Waals surface area contributed by atoms with Gasteiger partial charge in [-0.15, -0.1) is 0 Å². The van der Waals surface area contributed by atoms with Gasteiger partial charge in [-0.3, -0.25) is 0 Å². The average molecular weight is 254 g/mol. The molecule has 0 aromatic carbocycles. The van der Waals surface area contributed by atoms with Crippen molar-refractivity contribution in [2.45, 2.75) is 37.6 Å². The monoisotopic (exact) mass is 253 g/mol. The summed E-state index contributed by atoms with van der Waals surface area (Å²) in [6.07, 6.45) is 4.23. The number of hydrogen-bond acceptors (Lipinski definition) is 4. The van der Waals surface area contributed by atoms with Gasteiger partial charge >= 0.3 is 5.97 Å². The van der Waals surface area contributed by atoms with E-state index in [2.05, 4.69) is 15.3 Å². The fourth-order valence-electron chi connectivity index (χ4n) is 1.65. The highest BCUT2D eigenvalue weighted by molar-refractivity contribution is 6.35. The number of nitrogens with one attached hydrogen (secondary N) is 1. The number of halogens is 1. The first-order valence-electron chi connectivity index (χ1n) is 5.72. The van der Waals surface area contributed by atoms with Gasteiger partial charge in [0.15, 0.2) is 5.69 Å². The molecule has 0 radical (unpaired) electrons. The molecule has 1 aromatic rings. The maximum atomic E-state index is 11.1. The van der Waals surface area contributed by atoms with E-state index in [1.165, 1.54) is 0 Å². The summed E-state index contributed by atoms with van der Waals surface area (Å²) in [5.74, 6) is 0.293. The second kappa shape index (κ2) is 3.84. The summed E-state index contributed by atoms with van der Waals surface area (Å²) in [6, 6.07) is 0.385. The Bertz CT molecular complexity index is 484. The van der Waals surface area contributed by atoms with Crippen LogP contribution in [0, 0.1) is 0 Å². The number of carboxylic acid groups (broad SMARTS) is 1.